The summed E-state index contributed by atoms with van der Waals surface area (Å²) in [4.78, 5) is 16.0. The molecule has 1 rings (SSSR count). The van der Waals surface area contributed by atoms with Crippen molar-refractivity contribution >= 4 is 6.08 Å². The number of rotatable bonds is 4. The van der Waals surface area contributed by atoms with Crippen LogP contribution in [-0.4, -0.2) is 30.1 Å². The second kappa shape index (κ2) is 5.74. The van der Waals surface area contributed by atoms with E-state index in [4.69, 9.17) is 0 Å². The molecule has 0 amide bonds. The molecule has 0 spiro atoms. The fourth-order valence-corrected chi connectivity index (χ4v) is 2.09. The first-order chi connectivity index (χ1) is 6.77. The van der Waals surface area contributed by atoms with E-state index < -0.39 is 0 Å². The average Bonchev–Trinajstić information content (AvgIpc) is 2.19. The van der Waals surface area contributed by atoms with Crippen molar-refractivity contribution in [1.29, 1.82) is 0 Å². The second-order valence-corrected chi connectivity index (χ2v) is 3.75. The molecule has 0 aromatic carbocycles. The molecule has 3 nitrogen and oxygen atoms in total. The molecule has 0 bridgehead atoms. The molecule has 0 aliphatic carbocycles. The number of hydrogen-bond acceptors (Lipinski definition) is 3. The first-order valence-electron chi connectivity index (χ1n) is 5.27. The van der Waals surface area contributed by atoms with Gasteiger partial charge >= 0.3 is 0 Å². The van der Waals surface area contributed by atoms with Crippen LogP contribution < -0.4 is 0 Å². The van der Waals surface area contributed by atoms with Gasteiger partial charge in [0.2, 0.25) is 6.08 Å². The van der Waals surface area contributed by atoms with E-state index in [2.05, 4.69) is 23.4 Å². The third-order valence-electron chi connectivity index (χ3n) is 2.83. The standard InChI is InChI=1S/C11H18N2O/c1-3-13-7-5-4-6-11(13)8-10(2)12-9-14/h11H,2-8H2,1H3. The fraction of sp³-hybridized carbons (Fsp3) is 0.727. The topological polar surface area (TPSA) is 32.7 Å². The lowest BCUT2D eigenvalue weighted by Crippen LogP contribution is -2.39. The highest BCUT2D eigenvalue weighted by atomic mass is 16.1. The fourth-order valence-electron chi connectivity index (χ4n) is 2.09. The zero-order valence-electron chi connectivity index (χ0n) is 8.83. The normalized spacial score (nSPS) is 22.8. The molecule has 1 aliphatic heterocycles. The van der Waals surface area contributed by atoms with Crippen LogP contribution in [0.2, 0.25) is 0 Å². The Balaban J connectivity index is 2.47. The molecule has 3 heteroatoms. The highest BCUT2D eigenvalue weighted by molar-refractivity contribution is 5.36. The molecule has 1 aliphatic rings. The van der Waals surface area contributed by atoms with Gasteiger partial charge in [0.15, 0.2) is 0 Å². The summed E-state index contributed by atoms with van der Waals surface area (Å²) < 4.78 is 0. The third kappa shape index (κ3) is 3.09. The van der Waals surface area contributed by atoms with E-state index in [9.17, 15) is 4.79 Å². The first kappa shape index (κ1) is 11.2. The maximum atomic E-state index is 10.0. The van der Waals surface area contributed by atoms with Gasteiger partial charge in [0.1, 0.15) is 0 Å². The summed E-state index contributed by atoms with van der Waals surface area (Å²) in [6, 6.07) is 0.526. The Morgan fingerprint density at radius 1 is 1.64 bits per heavy atom. The summed E-state index contributed by atoms with van der Waals surface area (Å²) in [6.07, 6.45) is 6.11. The van der Waals surface area contributed by atoms with Crippen LogP contribution in [-0.2, 0) is 4.79 Å². The predicted octanol–water partition coefficient (Wildman–Crippen LogP) is 2.10. The molecule has 78 valence electrons. The largest absolute Gasteiger partial charge is 0.300 e. The lowest BCUT2D eigenvalue weighted by atomic mass is 9.98. The molecular weight excluding hydrogens is 176 g/mol. The minimum Gasteiger partial charge on any atom is -0.300 e. The van der Waals surface area contributed by atoms with E-state index in [0.29, 0.717) is 11.7 Å². The van der Waals surface area contributed by atoms with E-state index in [1.165, 1.54) is 25.8 Å². The van der Waals surface area contributed by atoms with Crippen molar-refractivity contribution in [3.63, 3.8) is 0 Å². The van der Waals surface area contributed by atoms with E-state index in [0.717, 1.165) is 13.0 Å². The Labute approximate surface area is 85.5 Å². The van der Waals surface area contributed by atoms with Crippen LogP contribution in [0.5, 0.6) is 0 Å². The van der Waals surface area contributed by atoms with Gasteiger partial charge in [-0.25, -0.2) is 4.79 Å². The van der Waals surface area contributed by atoms with Gasteiger partial charge in [0, 0.05) is 18.2 Å². The Kier molecular flexibility index (Phi) is 4.57. The van der Waals surface area contributed by atoms with Crippen molar-refractivity contribution in [3.05, 3.63) is 12.3 Å². The molecular formula is C11H18N2O. The molecule has 1 saturated heterocycles. The van der Waals surface area contributed by atoms with Crippen LogP contribution in [0.3, 0.4) is 0 Å². The molecule has 0 aromatic rings. The number of carbonyl (C=O) groups excluding carboxylic acids is 1. The molecule has 0 aromatic heterocycles. The van der Waals surface area contributed by atoms with Gasteiger partial charge in [0.25, 0.3) is 0 Å². The van der Waals surface area contributed by atoms with E-state index in [-0.39, 0.29) is 0 Å². The van der Waals surface area contributed by atoms with E-state index >= 15 is 0 Å². The molecule has 1 atom stereocenters. The summed E-state index contributed by atoms with van der Waals surface area (Å²) in [7, 11) is 0. The maximum absolute atomic E-state index is 10.0. The Morgan fingerprint density at radius 3 is 3.07 bits per heavy atom. The van der Waals surface area contributed by atoms with E-state index in [1.807, 2.05) is 0 Å². The summed E-state index contributed by atoms with van der Waals surface area (Å²) in [5.74, 6) is 0. The minimum absolute atomic E-state index is 0.526. The van der Waals surface area contributed by atoms with Crippen molar-refractivity contribution < 1.29 is 4.79 Å². The molecule has 0 radical (unpaired) electrons. The maximum Gasteiger partial charge on any atom is 0.240 e. The molecule has 1 fully saturated rings. The quantitative estimate of drug-likeness (QED) is 0.507. The second-order valence-electron chi connectivity index (χ2n) is 3.75. The molecule has 14 heavy (non-hydrogen) atoms. The predicted molar refractivity (Wildman–Crippen MR) is 56.8 cm³/mol. The van der Waals surface area contributed by atoms with Crippen LogP contribution >= 0.6 is 0 Å². The number of piperidine rings is 1. The monoisotopic (exact) mass is 194 g/mol. The molecule has 1 unspecified atom stereocenters. The van der Waals surface area contributed by atoms with Crippen LogP contribution in [0, 0.1) is 0 Å². The van der Waals surface area contributed by atoms with Gasteiger partial charge in [-0.3, -0.25) is 0 Å². The van der Waals surface area contributed by atoms with Gasteiger partial charge in [-0.1, -0.05) is 19.9 Å². The lowest BCUT2D eigenvalue weighted by Gasteiger charge is -2.34. The number of isocyanates is 1. The van der Waals surface area contributed by atoms with Gasteiger partial charge < -0.3 is 4.90 Å². The third-order valence-corrected chi connectivity index (χ3v) is 2.83. The van der Waals surface area contributed by atoms with Crippen LogP contribution in [0.15, 0.2) is 17.3 Å². The van der Waals surface area contributed by atoms with Gasteiger partial charge in [-0.15, -0.1) is 0 Å². The highest BCUT2D eigenvalue weighted by Gasteiger charge is 2.21. The molecule has 1 heterocycles. The summed E-state index contributed by atoms with van der Waals surface area (Å²) in [5, 5.41) is 0. The highest BCUT2D eigenvalue weighted by Crippen LogP contribution is 2.21. The van der Waals surface area contributed by atoms with Crippen LogP contribution in [0.4, 0.5) is 0 Å². The van der Waals surface area contributed by atoms with Crippen molar-refractivity contribution in [2.75, 3.05) is 13.1 Å². The summed E-state index contributed by atoms with van der Waals surface area (Å²) in [5.41, 5.74) is 0.658. The zero-order chi connectivity index (χ0) is 10.4. The van der Waals surface area contributed by atoms with Crippen molar-refractivity contribution in [3.8, 4) is 0 Å². The number of aliphatic imine (C=N–C) groups is 1. The number of hydrogen-bond donors (Lipinski definition) is 0. The molecule has 0 saturated carbocycles. The van der Waals surface area contributed by atoms with Crippen LogP contribution in [0.25, 0.3) is 0 Å². The van der Waals surface area contributed by atoms with Gasteiger partial charge in [-0.05, 0) is 25.9 Å². The number of nitrogens with zero attached hydrogens (tertiary/aromatic N) is 2. The Hall–Kier alpha value is -0.920. The summed E-state index contributed by atoms with van der Waals surface area (Å²) in [6.45, 7) is 8.16. The number of likely N-dealkylation sites (tertiary alicyclic amines) is 1. The van der Waals surface area contributed by atoms with Crippen molar-refractivity contribution in [1.82, 2.24) is 4.90 Å². The van der Waals surface area contributed by atoms with Crippen molar-refractivity contribution in [2.24, 2.45) is 4.99 Å². The van der Waals surface area contributed by atoms with Gasteiger partial charge in [0.05, 0.1) is 0 Å². The van der Waals surface area contributed by atoms with E-state index in [1.54, 1.807) is 6.08 Å². The summed E-state index contributed by atoms with van der Waals surface area (Å²) >= 11 is 0. The smallest absolute Gasteiger partial charge is 0.240 e. The molecule has 0 N–H and O–H groups in total. The Morgan fingerprint density at radius 2 is 2.43 bits per heavy atom. The minimum atomic E-state index is 0.526. The lowest BCUT2D eigenvalue weighted by molar-refractivity contribution is 0.155. The van der Waals surface area contributed by atoms with Crippen molar-refractivity contribution in [2.45, 2.75) is 38.6 Å². The van der Waals surface area contributed by atoms with Gasteiger partial charge in [-0.2, -0.15) is 4.99 Å². The van der Waals surface area contributed by atoms with Crippen LogP contribution in [0.1, 0.15) is 32.6 Å². The average molecular weight is 194 g/mol. The first-order valence-corrected chi connectivity index (χ1v) is 5.27. The Bertz CT molecular complexity index is 244. The SMILES string of the molecule is C=C(CC1CCCCN1CC)N=C=O. The zero-order valence-corrected chi connectivity index (χ0v) is 8.83.